The van der Waals surface area contributed by atoms with Crippen molar-refractivity contribution in [3.63, 3.8) is 0 Å². The van der Waals surface area contributed by atoms with Gasteiger partial charge in [0.2, 0.25) is 5.91 Å². The monoisotopic (exact) mass is 329 g/mol. The van der Waals surface area contributed by atoms with Gasteiger partial charge in [-0.2, -0.15) is 0 Å². The molecule has 0 saturated carbocycles. The van der Waals surface area contributed by atoms with E-state index in [2.05, 4.69) is 10.6 Å². The van der Waals surface area contributed by atoms with Crippen molar-refractivity contribution in [2.45, 2.75) is 6.92 Å². The highest BCUT2D eigenvalue weighted by atomic mass is 19.1. The number of halogens is 1. The molecule has 0 aromatic heterocycles. The Hall–Kier alpha value is -2.73. The third-order valence-corrected chi connectivity index (χ3v) is 3.32. The Bertz CT molecular complexity index is 742. The Morgan fingerprint density at radius 3 is 2.17 bits per heavy atom. The zero-order chi connectivity index (χ0) is 17.7. The van der Waals surface area contributed by atoms with Gasteiger partial charge in [-0.1, -0.05) is 12.1 Å². The van der Waals surface area contributed by atoms with Crippen molar-refractivity contribution in [2.24, 2.45) is 0 Å². The molecule has 0 aliphatic carbocycles. The van der Waals surface area contributed by atoms with Gasteiger partial charge in [-0.25, -0.2) is 4.39 Å². The summed E-state index contributed by atoms with van der Waals surface area (Å²) in [5.74, 6) is -1.17. The summed E-state index contributed by atoms with van der Waals surface area (Å²) >= 11 is 0. The van der Waals surface area contributed by atoms with E-state index < -0.39 is 11.7 Å². The molecule has 0 spiro atoms. The van der Waals surface area contributed by atoms with Gasteiger partial charge in [0.15, 0.2) is 0 Å². The molecule has 24 heavy (non-hydrogen) atoms. The summed E-state index contributed by atoms with van der Waals surface area (Å²) in [6.07, 6.45) is 0. The van der Waals surface area contributed by atoms with Gasteiger partial charge >= 0.3 is 0 Å². The second-order valence-electron chi connectivity index (χ2n) is 5.75. The number of benzene rings is 2. The highest BCUT2D eigenvalue weighted by Gasteiger charge is 2.13. The lowest BCUT2D eigenvalue weighted by atomic mass is 10.1. The van der Waals surface area contributed by atoms with Crippen molar-refractivity contribution in [3.05, 3.63) is 59.4 Å². The molecule has 2 rings (SSSR count). The van der Waals surface area contributed by atoms with Gasteiger partial charge < -0.3 is 15.5 Å². The summed E-state index contributed by atoms with van der Waals surface area (Å²) in [6.45, 7) is 1.89. The lowest BCUT2D eigenvalue weighted by Crippen LogP contribution is -2.27. The number of nitrogens with zero attached hydrogens (tertiary/aromatic N) is 1. The van der Waals surface area contributed by atoms with Crippen molar-refractivity contribution in [3.8, 4) is 0 Å². The van der Waals surface area contributed by atoms with E-state index in [0.717, 1.165) is 0 Å². The standard InChI is InChI=1S/C18H20FN3O2/c1-12-5-4-6-15(17(12)19)18(24)21-14-9-7-13(8-10-14)20-16(23)11-22(2)3/h4-10H,11H2,1-3H3,(H,20,23)(H,21,24). The van der Waals surface area contributed by atoms with E-state index in [1.54, 1.807) is 48.2 Å². The lowest BCUT2D eigenvalue weighted by molar-refractivity contribution is -0.116. The second-order valence-corrected chi connectivity index (χ2v) is 5.75. The average molecular weight is 329 g/mol. The molecule has 2 amide bonds. The molecule has 0 heterocycles. The third kappa shape index (κ3) is 4.63. The molecule has 0 aliphatic heterocycles. The number of hydrogen-bond acceptors (Lipinski definition) is 3. The van der Waals surface area contributed by atoms with Crippen LogP contribution in [0.15, 0.2) is 42.5 Å². The van der Waals surface area contributed by atoms with Crippen LogP contribution in [-0.4, -0.2) is 37.4 Å². The normalized spacial score (nSPS) is 10.5. The van der Waals surface area contributed by atoms with Crippen LogP contribution in [0.4, 0.5) is 15.8 Å². The van der Waals surface area contributed by atoms with Crippen LogP contribution >= 0.6 is 0 Å². The summed E-state index contributed by atoms with van der Waals surface area (Å²) in [4.78, 5) is 25.6. The Morgan fingerprint density at radius 1 is 1.00 bits per heavy atom. The number of anilines is 2. The largest absolute Gasteiger partial charge is 0.325 e. The number of aryl methyl sites for hydroxylation is 1. The topological polar surface area (TPSA) is 61.4 Å². The number of rotatable bonds is 5. The summed E-state index contributed by atoms with van der Waals surface area (Å²) in [5.41, 5.74) is 1.56. The predicted octanol–water partition coefficient (Wildman–Crippen LogP) is 2.89. The minimum Gasteiger partial charge on any atom is -0.325 e. The number of carbonyl (C=O) groups excluding carboxylic acids is 2. The molecule has 2 aromatic carbocycles. The zero-order valence-electron chi connectivity index (χ0n) is 13.9. The van der Waals surface area contributed by atoms with Gasteiger partial charge in [0.05, 0.1) is 12.1 Å². The number of nitrogens with one attached hydrogen (secondary N) is 2. The van der Waals surface area contributed by atoms with Gasteiger partial charge in [0.25, 0.3) is 5.91 Å². The van der Waals surface area contributed by atoms with Crippen LogP contribution in [0, 0.1) is 12.7 Å². The first-order chi connectivity index (χ1) is 11.4. The minimum atomic E-state index is -0.525. The van der Waals surface area contributed by atoms with Crippen LogP contribution in [0.1, 0.15) is 15.9 Å². The Balaban J connectivity index is 2.02. The van der Waals surface area contributed by atoms with Crippen LogP contribution < -0.4 is 10.6 Å². The first-order valence-corrected chi connectivity index (χ1v) is 7.48. The molecule has 6 heteroatoms. The molecule has 0 aliphatic rings. The molecule has 0 saturated heterocycles. The van der Waals surface area contributed by atoms with Gasteiger partial charge in [-0.3, -0.25) is 9.59 Å². The van der Waals surface area contributed by atoms with Gasteiger partial charge in [-0.15, -0.1) is 0 Å². The van der Waals surface area contributed by atoms with Crippen LogP contribution in [0.3, 0.4) is 0 Å². The maximum atomic E-state index is 14.0. The van der Waals surface area contributed by atoms with Gasteiger partial charge in [0, 0.05) is 11.4 Å². The van der Waals surface area contributed by atoms with Crippen molar-refractivity contribution in [1.29, 1.82) is 0 Å². The van der Waals surface area contributed by atoms with Crippen LogP contribution in [0.25, 0.3) is 0 Å². The van der Waals surface area contributed by atoms with E-state index >= 15 is 0 Å². The summed E-state index contributed by atoms with van der Waals surface area (Å²) < 4.78 is 14.0. The van der Waals surface area contributed by atoms with E-state index in [-0.39, 0.29) is 18.0 Å². The van der Waals surface area contributed by atoms with E-state index in [0.29, 0.717) is 16.9 Å². The molecule has 0 radical (unpaired) electrons. The molecule has 126 valence electrons. The summed E-state index contributed by atoms with van der Waals surface area (Å²) in [6, 6.07) is 11.3. The number of likely N-dealkylation sites (N-methyl/N-ethyl adjacent to an activating group) is 1. The molecular formula is C18H20FN3O2. The van der Waals surface area contributed by atoms with Crippen LogP contribution in [-0.2, 0) is 4.79 Å². The Morgan fingerprint density at radius 2 is 1.58 bits per heavy atom. The third-order valence-electron chi connectivity index (χ3n) is 3.32. The minimum absolute atomic E-state index is 0.00152. The summed E-state index contributed by atoms with van der Waals surface area (Å²) in [5, 5.41) is 5.39. The Kier molecular flexibility index (Phi) is 5.65. The fourth-order valence-electron chi connectivity index (χ4n) is 2.15. The molecule has 2 N–H and O–H groups in total. The molecule has 0 atom stereocenters. The Labute approximate surface area is 140 Å². The number of carbonyl (C=O) groups is 2. The maximum absolute atomic E-state index is 14.0. The van der Waals surface area contributed by atoms with Gasteiger partial charge in [0.1, 0.15) is 5.82 Å². The maximum Gasteiger partial charge on any atom is 0.258 e. The first-order valence-electron chi connectivity index (χ1n) is 7.48. The van der Waals surface area contributed by atoms with E-state index in [1.807, 2.05) is 14.1 Å². The molecule has 0 fully saturated rings. The number of amides is 2. The van der Waals surface area contributed by atoms with Crippen LogP contribution in [0.5, 0.6) is 0 Å². The van der Waals surface area contributed by atoms with Crippen molar-refractivity contribution >= 4 is 23.2 Å². The van der Waals surface area contributed by atoms with Gasteiger partial charge in [-0.05, 0) is 56.9 Å². The first kappa shape index (κ1) is 17.6. The fourth-order valence-corrected chi connectivity index (χ4v) is 2.15. The quantitative estimate of drug-likeness (QED) is 0.887. The van der Waals surface area contributed by atoms with Crippen LogP contribution in [0.2, 0.25) is 0 Å². The highest BCUT2D eigenvalue weighted by Crippen LogP contribution is 2.17. The predicted molar refractivity (Wildman–Crippen MR) is 92.7 cm³/mol. The second kappa shape index (κ2) is 7.70. The lowest BCUT2D eigenvalue weighted by Gasteiger charge is -2.11. The van der Waals surface area contributed by atoms with Crippen molar-refractivity contribution in [1.82, 2.24) is 4.90 Å². The molecule has 0 bridgehead atoms. The van der Waals surface area contributed by atoms with Crippen molar-refractivity contribution < 1.29 is 14.0 Å². The highest BCUT2D eigenvalue weighted by molar-refractivity contribution is 6.04. The zero-order valence-corrected chi connectivity index (χ0v) is 13.9. The fraction of sp³-hybridized carbons (Fsp3) is 0.222. The van der Waals surface area contributed by atoms with E-state index in [1.165, 1.54) is 6.07 Å². The number of hydrogen-bond donors (Lipinski definition) is 2. The smallest absolute Gasteiger partial charge is 0.258 e. The van der Waals surface area contributed by atoms with Crippen molar-refractivity contribution in [2.75, 3.05) is 31.3 Å². The molecule has 0 unspecified atom stereocenters. The van der Waals surface area contributed by atoms with E-state index in [9.17, 15) is 14.0 Å². The average Bonchev–Trinajstić information content (AvgIpc) is 2.51. The molecular weight excluding hydrogens is 309 g/mol. The molecule has 5 nitrogen and oxygen atoms in total. The SMILES string of the molecule is Cc1cccc(C(=O)Nc2ccc(NC(=O)CN(C)C)cc2)c1F. The van der Waals surface area contributed by atoms with E-state index in [4.69, 9.17) is 0 Å². The summed E-state index contributed by atoms with van der Waals surface area (Å²) in [7, 11) is 3.62. The molecule has 2 aromatic rings.